The van der Waals surface area contributed by atoms with Crippen molar-refractivity contribution in [2.75, 3.05) is 13.1 Å². The fraction of sp³-hybridized carbons (Fsp3) is 0.526. The molecule has 0 aliphatic carbocycles. The van der Waals surface area contributed by atoms with Gasteiger partial charge in [0.25, 0.3) is 0 Å². The van der Waals surface area contributed by atoms with Gasteiger partial charge in [0.05, 0.1) is 0 Å². The van der Waals surface area contributed by atoms with Crippen molar-refractivity contribution >= 4 is 12.0 Å². The normalized spacial score (nSPS) is 11.8. The van der Waals surface area contributed by atoms with Crippen molar-refractivity contribution in [1.82, 2.24) is 4.90 Å². The quantitative estimate of drug-likeness (QED) is 0.720. The molecular weight excluding hydrogens is 258 g/mol. The Morgan fingerprint density at radius 3 is 2.48 bits per heavy atom. The molecule has 0 radical (unpaired) electrons. The molecule has 0 aromatic heterocycles. The minimum absolute atomic E-state index is 0.151. The van der Waals surface area contributed by atoms with Gasteiger partial charge in [-0.05, 0) is 30.4 Å². The van der Waals surface area contributed by atoms with Crippen molar-refractivity contribution in [2.45, 2.75) is 47.5 Å². The summed E-state index contributed by atoms with van der Waals surface area (Å²) in [6.07, 6.45) is 4.47. The molecule has 1 rings (SSSR count). The Labute approximate surface area is 129 Å². The van der Waals surface area contributed by atoms with Crippen LogP contribution in [0.5, 0.6) is 0 Å². The van der Waals surface area contributed by atoms with Gasteiger partial charge >= 0.3 is 0 Å². The molecule has 0 saturated heterocycles. The van der Waals surface area contributed by atoms with E-state index >= 15 is 0 Å². The maximum absolute atomic E-state index is 11.7. The van der Waals surface area contributed by atoms with Crippen LogP contribution in [-0.4, -0.2) is 23.9 Å². The molecule has 1 aromatic carbocycles. The van der Waals surface area contributed by atoms with Crippen molar-refractivity contribution in [3.05, 3.63) is 41.0 Å². The summed E-state index contributed by atoms with van der Waals surface area (Å²) < 4.78 is 0. The Bertz CT molecular complexity index is 488. The molecule has 116 valence electrons. The van der Waals surface area contributed by atoms with Crippen LogP contribution in [-0.2, 0) is 11.2 Å². The minimum atomic E-state index is 0.151. The highest BCUT2D eigenvalue weighted by atomic mass is 16.2. The fourth-order valence-corrected chi connectivity index (χ4v) is 2.53. The molecule has 0 N–H and O–H groups in total. The van der Waals surface area contributed by atoms with E-state index in [-0.39, 0.29) is 5.91 Å². The van der Waals surface area contributed by atoms with E-state index in [2.05, 4.69) is 58.0 Å². The Balaban J connectivity index is 2.86. The summed E-state index contributed by atoms with van der Waals surface area (Å²) in [5, 5.41) is 0. The zero-order valence-electron chi connectivity index (χ0n) is 14.1. The smallest absolute Gasteiger partial charge is 0.219 e. The van der Waals surface area contributed by atoms with E-state index in [0.29, 0.717) is 12.5 Å². The highest BCUT2D eigenvalue weighted by molar-refractivity contribution is 5.74. The predicted octanol–water partition coefficient (Wildman–Crippen LogP) is 4.55. The van der Waals surface area contributed by atoms with Gasteiger partial charge < -0.3 is 4.90 Å². The molecule has 0 heterocycles. The third-order valence-corrected chi connectivity index (χ3v) is 3.45. The molecule has 0 bridgehead atoms. The molecule has 2 nitrogen and oxygen atoms in total. The van der Waals surface area contributed by atoms with Crippen LogP contribution in [0.15, 0.2) is 29.8 Å². The van der Waals surface area contributed by atoms with E-state index in [1.54, 1.807) is 6.92 Å². The van der Waals surface area contributed by atoms with Gasteiger partial charge in [-0.2, -0.15) is 0 Å². The fourth-order valence-electron chi connectivity index (χ4n) is 2.53. The predicted molar refractivity (Wildman–Crippen MR) is 91.2 cm³/mol. The first-order valence-electron chi connectivity index (χ1n) is 7.94. The summed E-state index contributed by atoms with van der Waals surface area (Å²) in [6, 6.07) is 8.53. The molecule has 0 aliphatic rings. The average molecular weight is 287 g/mol. The van der Waals surface area contributed by atoms with Crippen LogP contribution in [0.1, 0.15) is 52.2 Å². The first-order valence-corrected chi connectivity index (χ1v) is 7.94. The van der Waals surface area contributed by atoms with Crippen LogP contribution in [0, 0.1) is 5.92 Å². The SMILES string of the molecule is CCCc1ccccc1/C=C(\C)CN(CC(C)C)C(C)=O. The van der Waals surface area contributed by atoms with Crippen LogP contribution >= 0.6 is 0 Å². The summed E-state index contributed by atoms with van der Waals surface area (Å²) in [4.78, 5) is 13.7. The van der Waals surface area contributed by atoms with Gasteiger partial charge in [0.1, 0.15) is 0 Å². The highest BCUT2D eigenvalue weighted by Gasteiger charge is 2.11. The zero-order chi connectivity index (χ0) is 15.8. The van der Waals surface area contributed by atoms with Crippen molar-refractivity contribution in [3.8, 4) is 0 Å². The van der Waals surface area contributed by atoms with Crippen molar-refractivity contribution in [3.63, 3.8) is 0 Å². The molecule has 0 aliphatic heterocycles. The van der Waals surface area contributed by atoms with Crippen LogP contribution in [0.25, 0.3) is 6.08 Å². The summed E-state index contributed by atoms with van der Waals surface area (Å²) in [6.45, 7) is 11.8. The summed E-state index contributed by atoms with van der Waals surface area (Å²) in [7, 11) is 0. The van der Waals surface area contributed by atoms with Crippen LogP contribution in [0.4, 0.5) is 0 Å². The number of rotatable bonds is 7. The number of nitrogens with zero attached hydrogens (tertiary/aromatic N) is 1. The van der Waals surface area contributed by atoms with Gasteiger partial charge in [-0.3, -0.25) is 4.79 Å². The summed E-state index contributed by atoms with van der Waals surface area (Å²) in [5.41, 5.74) is 3.90. The largest absolute Gasteiger partial charge is 0.339 e. The number of hydrogen-bond acceptors (Lipinski definition) is 1. The molecular formula is C19H29NO. The van der Waals surface area contributed by atoms with Crippen molar-refractivity contribution in [2.24, 2.45) is 5.92 Å². The van der Waals surface area contributed by atoms with E-state index in [1.165, 1.54) is 16.7 Å². The highest BCUT2D eigenvalue weighted by Crippen LogP contribution is 2.16. The zero-order valence-corrected chi connectivity index (χ0v) is 14.1. The standard InChI is InChI=1S/C19H29NO/c1-6-9-18-10-7-8-11-19(18)12-16(4)14-20(17(5)21)13-15(2)3/h7-8,10-12,15H,6,9,13-14H2,1-5H3/b16-12+. The second-order valence-corrected chi connectivity index (χ2v) is 6.23. The van der Waals surface area contributed by atoms with Crippen molar-refractivity contribution < 1.29 is 4.79 Å². The Kier molecular flexibility index (Phi) is 7.21. The lowest BCUT2D eigenvalue weighted by Crippen LogP contribution is -2.33. The molecule has 0 saturated carbocycles. The number of carbonyl (C=O) groups excluding carboxylic acids is 1. The maximum Gasteiger partial charge on any atom is 0.219 e. The second kappa shape index (κ2) is 8.66. The minimum Gasteiger partial charge on any atom is -0.339 e. The molecule has 0 unspecified atom stereocenters. The molecule has 1 amide bonds. The number of carbonyl (C=O) groups is 1. The number of amides is 1. The molecule has 1 aromatic rings. The Morgan fingerprint density at radius 1 is 1.24 bits per heavy atom. The van der Waals surface area contributed by atoms with E-state index in [0.717, 1.165) is 19.4 Å². The lowest BCUT2D eigenvalue weighted by molar-refractivity contribution is -0.128. The van der Waals surface area contributed by atoms with Crippen LogP contribution < -0.4 is 0 Å². The van der Waals surface area contributed by atoms with E-state index in [1.807, 2.05) is 4.90 Å². The molecule has 0 fully saturated rings. The monoisotopic (exact) mass is 287 g/mol. The van der Waals surface area contributed by atoms with Gasteiger partial charge in [-0.1, -0.05) is 63.1 Å². The van der Waals surface area contributed by atoms with Crippen LogP contribution in [0.3, 0.4) is 0 Å². The maximum atomic E-state index is 11.7. The molecule has 0 spiro atoms. The summed E-state index contributed by atoms with van der Waals surface area (Å²) >= 11 is 0. The first-order chi connectivity index (χ1) is 9.93. The molecule has 0 atom stereocenters. The third kappa shape index (κ3) is 6.16. The molecule has 2 heteroatoms. The Hall–Kier alpha value is -1.57. The third-order valence-electron chi connectivity index (χ3n) is 3.45. The van der Waals surface area contributed by atoms with E-state index in [9.17, 15) is 4.79 Å². The van der Waals surface area contributed by atoms with Gasteiger partial charge in [0.2, 0.25) is 5.91 Å². The van der Waals surface area contributed by atoms with Crippen molar-refractivity contribution in [1.29, 1.82) is 0 Å². The number of benzene rings is 1. The van der Waals surface area contributed by atoms with Crippen LogP contribution in [0.2, 0.25) is 0 Å². The second-order valence-electron chi connectivity index (χ2n) is 6.23. The number of aryl methyl sites for hydroxylation is 1. The lowest BCUT2D eigenvalue weighted by Gasteiger charge is -2.23. The van der Waals surface area contributed by atoms with Gasteiger partial charge in [-0.15, -0.1) is 0 Å². The van der Waals surface area contributed by atoms with E-state index < -0.39 is 0 Å². The lowest BCUT2D eigenvalue weighted by atomic mass is 10.0. The van der Waals surface area contributed by atoms with Gasteiger partial charge in [-0.25, -0.2) is 0 Å². The Morgan fingerprint density at radius 2 is 1.90 bits per heavy atom. The summed E-state index contributed by atoms with van der Waals surface area (Å²) in [5.74, 6) is 0.646. The van der Waals surface area contributed by atoms with Gasteiger partial charge in [0.15, 0.2) is 0 Å². The van der Waals surface area contributed by atoms with Gasteiger partial charge in [0, 0.05) is 20.0 Å². The first kappa shape index (κ1) is 17.5. The topological polar surface area (TPSA) is 20.3 Å². The molecule has 21 heavy (non-hydrogen) atoms. The average Bonchev–Trinajstić information content (AvgIpc) is 2.40. The van der Waals surface area contributed by atoms with E-state index in [4.69, 9.17) is 0 Å². The number of hydrogen-bond donors (Lipinski definition) is 0.